The monoisotopic (exact) mass is 311 g/mol. The molecule has 0 bridgehead atoms. The summed E-state index contributed by atoms with van der Waals surface area (Å²) in [6, 6.07) is 7.05. The second-order valence-electron chi connectivity index (χ2n) is 5.16. The molecule has 0 saturated carbocycles. The SMILES string of the molecule is CCOc1ccccc1CS(=O)(=O)CC(=O)N1CCCC1. The summed E-state index contributed by atoms with van der Waals surface area (Å²) in [6.45, 7) is 3.67. The summed E-state index contributed by atoms with van der Waals surface area (Å²) >= 11 is 0. The van der Waals surface area contributed by atoms with Crippen LogP contribution in [0, 0.1) is 0 Å². The number of sulfone groups is 1. The molecule has 0 spiro atoms. The van der Waals surface area contributed by atoms with Gasteiger partial charge in [-0.2, -0.15) is 0 Å². The lowest BCUT2D eigenvalue weighted by Gasteiger charge is -2.15. The topological polar surface area (TPSA) is 63.7 Å². The van der Waals surface area contributed by atoms with Crippen LogP contribution in [0.5, 0.6) is 5.75 Å². The van der Waals surface area contributed by atoms with Crippen LogP contribution in [-0.4, -0.2) is 44.7 Å². The van der Waals surface area contributed by atoms with E-state index in [0.717, 1.165) is 12.8 Å². The molecule has 116 valence electrons. The number of carbonyl (C=O) groups excluding carboxylic acids is 1. The van der Waals surface area contributed by atoms with E-state index in [0.29, 0.717) is 31.0 Å². The van der Waals surface area contributed by atoms with E-state index in [1.807, 2.05) is 6.92 Å². The van der Waals surface area contributed by atoms with Gasteiger partial charge in [0.05, 0.1) is 12.4 Å². The third kappa shape index (κ3) is 4.46. The number of ether oxygens (including phenoxy) is 1. The van der Waals surface area contributed by atoms with E-state index in [1.54, 1.807) is 29.2 Å². The first-order valence-corrected chi connectivity index (χ1v) is 9.03. The lowest BCUT2D eigenvalue weighted by molar-refractivity contribution is -0.127. The normalized spacial score (nSPS) is 15.2. The second kappa shape index (κ2) is 6.93. The van der Waals surface area contributed by atoms with Gasteiger partial charge in [0, 0.05) is 18.7 Å². The molecule has 21 heavy (non-hydrogen) atoms. The Bertz CT molecular complexity index is 591. The van der Waals surface area contributed by atoms with Gasteiger partial charge in [-0.1, -0.05) is 18.2 Å². The lowest BCUT2D eigenvalue weighted by Crippen LogP contribution is -2.33. The first kappa shape index (κ1) is 15.8. The molecule has 1 aliphatic rings. The summed E-state index contributed by atoms with van der Waals surface area (Å²) in [6.07, 6.45) is 1.91. The zero-order valence-corrected chi connectivity index (χ0v) is 13.1. The smallest absolute Gasteiger partial charge is 0.237 e. The standard InChI is InChI=1S/C15H21NO4S/c1-2-20-14-8-4-3-7-13(14)11-21(18,19)12-15(17)16-9-5-6-10-16/h3-4,7-8H,2,5-6,9-12H2,1H3. The number of hydrogen-bond acceptors (Lipinski definition) is 4. The number of benzene rings is 1. The quantitative estimate of drug-likeness (QED) is 0.801. The summed E-state index contributed by atoms with van der Waals surface area (Å²) < 4.78 is 29.9. The van der Waals surface area contributed by atoms with Gasteiger partial charge in [0.2, 0.25) is 5.91 Å². The van der Waals surface area contributed by atoms with E-state index < -0.39 is 15.6 Å². The molecule has 1 aromatic carbocycles. The Morgan fingerprint density at radius 3 is 2.57 bits per heavy atom. The van der Waals surface area contributed by atoms with E-state index in [1.165, 1.54) is 0 Å². The lowest BCUT2D eigenvalue weighted by atomic mass is 10.2. The maximum atomic E-state index is 12.2. The molecule has 0 aromatic heterocycles. The summed E-state index contributed by atoms with van der Waals surface area (Å²) in [5, 5.41) is 0. The highest BCUT2D eigenvalue weighted by Gasteiger charge is 2.25. The van der Waals surface area contributed by atoms with Crippen LogP contribution in [0.3, 0.4) is 0 Å². The fraction of sp³-hybridized carbons (Fsp3) is 0.533. The number of likely N-dealkylation sites (tertiary alicyclic amines) is 1. The minimum atomic E-state index is -3.48. The van der Waals surface area contributed by atoms with Gasteiger partial charge < -0.3 is 9.64 Å². The van der Waals surface area contributed by atoms with Crippen molar-refractivity contribution in [3.63, 3.8) is 0 Å². The van der Waals surface area contributed by atoms with E-state index in [4.69, 9.17) is 4.74 Å². The highest BCUT2D eigenvalue weighted by Crippen LogP contribution is 2.21. The van der Waals surface area contributed by atoms with Crippen molar-refractivity contribution in [3.8, 4) is 5.75 Å². The molecule has 0 atom stereocenters. The summed E-state index contributed by atoms with van der Waals surface area (Å²) in [5.74, 6) is -0.311. The fourth-order valence-electron chi connectivity index (χ4n) is 2.45. The zero-order valence-electron chi connectivity index (χ0n) is 12.2. The minimum absolute atomic E-state index is 0.164. The predicted octanol–water partition coefficient (Wildman–Crippen LogP) is 1.62. The van der Waals surface area contributed by atoms with Crippen LogP contribution in [0.15, 0.2) is 24.3 Å². The van der Waals surface area contributed by atoms with Gasteiger partial charge in [0.15, 0.2) is 9.84 Å². The van der Waals surface area contributed by atoms with Crippen LogP contribution in [0.2, 0.25) is 0 Å². The van der Waals surface area contributed by atoms with E-state index in [-0.39, 0.29) is 11.7 Å². The van der Waals surface area contributed by atoms with Crippen molar-refractivity contribution in [2.24, 2.45) is 0 Å². The van der Waals surface area contributed by atoms with Gasteiger partial charge in [-0.25, -0.2) is 8.42 Å². The van der Waals surface area contributed by atoms with E-state index >= 15 is 0 Å². The minimum Gasteiger partial charge on any atom is -0.494 e. The van der Waals surface area contributed by atoms with Crippen LogP contribution in [-0.2, 0) is 20.4 Å². The van der Waals surface area contributed by atoms with Gasteiger partial charge in [-0.3, -0.25) is 4.79 Å². The molecule has 5 nitrogen and oxygen atoms in total. The molecule has 0 aliphatic carbocycles. The third-order valence-corrected chi connectivity index (χ3v) is 4.89. The van der Waals surface area contributed by atoms with Gasteiger partial charge in [0.25, 0.3) is 0 Å². The molecule has 2 rings (SSSR count). The first-order chi connectivity index (χ1) is 10.0. The van der Waals surface area contributed by atoms with Gasteiger partial charge in [-0.15, -0.1) is 0 Å². The Balaban J connectivity index is 2.05. The molecule has 6 heteroatoms. The number of hydrogen-bond donors (Lipinski definition) is 0. The Kier molecular flexibility index (Phi) is 5.22. The maximum Gasteiger partial charge on any atom is 0.237 e. The third-order valence-electron chi connectivity index (χ3n) is 3.45. The van der Waals surface area contributed by atoms with E-state index in [9.17, 15) is 13.2 Å². The van der Waals surface area contributed by atoms with Gasteiger partial charge in [-0.05, 0) is 25.8 Å². The first-order valence-electron chi connectivity index (χ1n) is 7.21. The fourth-order valence-corrected chi connectivity index (χ4v) is 3.83. The number of rotatable bonds is 6. The molecule has 1 fully saturated rings. The summed E-state index contributed by atoms with van der Waals surface area (Å²) in [7, 11) is -3.48. The van der Waals surface area contributed by atoms with E-state index in [2.05, 4.69) is 0 Å². The molecule has 1 amide bonds. The number of para-hydroxylation sites is 1. The van der Waals surface area contributed by atoms with Crippen LogP contribution in [0.25, 0.3) is 0 Å². The van der Waals surface area contributed by atoms with Crippen molar-refractivity contribution in [2.75, 3.05) is 25.4 Å². The average Bonchev–Trinajstić information content (AvgIpc) is 2.94. The predicted molar refractivity (Wildman–Crippen MR) is 80.9 cm³/mol. The number of nitrogens with zero attached hydrogens (tertiary/aromatic N) is 1. The van der Waals surface area contributed by atoms with Crippen LogP contribution >= 0.6 is 0 Å². The van der Waals surface area contributed by atoms with Crippen molar-refractivity contribution in [1.82, 2.24) is 4.90 Å². The molecule has 0 unspecified atom stereocenters. The molecule has 1 saturated heterocycles. The van der Waals surface area contributed by atoms with Crippen molar-refractivity contribution in [2.45, 2.75) is 25.5 Å². The Morgan fingerprint density at radius 2 is 1.90 bits per heavy atom. The van der Waals surface area contributed by atoms with Crippen LogP contribution in [0.1, 0.15) is 25.3 Å². The Hall–Kier alpha value is -1.56. The summed E-state index contributed by atoms with van der Waals surface area (Å²) in [4.78, 5) is 13.6. The zero-order chi connectivity index (χ0) is 15.3. The maximum absolute atomic E-state index is 12.2. The molecular formula is C15H21NO4S. The molecular weight excluding hydrogens is 290 g/mol. The molecule has 1 aliphatic heterocycles. The largest absolute Gasteiger partial charge is 0.494 e. The molecule has 0 radical (unpaired) electrons. The van der Waals surface area contributed by atoms with Gasteiger partial charge in [0.1, 0.15) is 11.5 Å². The highest BCUT2D eigenvalue weighted by molar-refractivity contribution is 7.91. The summed E-state index contributed by atoms with van der Waals surface area (Å²) in [5.41, 5.74) is 0.605. The highest BCUT2D eigenvalue weighted by atomic mass is 32.2. The second-order valence-corrected chi connectivity index (χ2v) is 7.23. The Morgan fingerprint density at radius 1 is 1.24 bits per heavy atom. The van der Waals surface area contributed by atoms with Crippen LogP contribution < -0.4 is 4.74 Å². The number of carbonyl (C=O) groups is 1. The molecule has 1 heterocycles. The molecule has 1 aromatic rings. The van der Waals surface area contributed by atoms with Gasteiger partial charge >= 0.3 is 0 Å². The average molecular weight is 311 g/mol. The number of amides is 1. The van der Waals surface area contributed by atoms with Crippen molar-refractivity contribution in [3.05, 3.63) is 29.8 Å². The van der Waals surface area contributed by atoms with Crippen molar-refractivity contribution in [1.29, 1.82) is 0 Å². The molecule has 0 N–H and O–H groups in total. The van der Waals surface area contributed by atoms with Crippen LogP contribution in [0.4, 0.5) is 0 Å². The van der Waals surface area contributed by atoms with Crippen molar-refractivity contribution >= 4 is 15.7 Å². The van der Waals surface area contributed by atoms with Crippen molar-refractivity contribution < 1.29 is 17.9 Å². The Labute approximate surface area is 125 Å².